The molecule has 3 aromatic rings. The first-order valence-electron chi connectivity index (χ1n) is 9.76. The minimum atomic E-state index is -0.900. The van der Waals surface area contributed by atoms with Gasteiger partial charge >= 0.3 is 0 Å². The molecule has 8 heteroatoms. The fourth-order valence-electron chi connectivity index (χ4n) is 4.08. The number of nitrogens with zero attached hydrogens (tertiary/aromatic N) is 2. The molecule has 0 bridgehead atoms. The van der Waals surface area contributed by atoms with Crippen molar-refractivity contribution in [2.75, 3.05) is 24.8 Å². The molecule has 2 aliphatic rings. The summed E-state index contributed by atoms with van der Waals surface area (Å²) < 4.78 is 10.7. The van der Waals surface area contributed by atoms with Gasteiger partial charge in [0.05, 0.1) is 11.6 Å². The van der Waals surface area contributed by atoms with E-state index >= 15 is 0 Å². The van der Waals surface area contributed by atoms with E-state index in [4.69, 9.17) is 9.47 Å². The van der Waals surface area contributed by atoms with Crippen LogP contribution < -0.4 is 19.7 Å². The topological polar surface area (TPSA) is 83.9 Å². The van der Waals surface area contributed by atoms with Gasteiger partial charge in [-0.05, 0) is 30.2 Å². The number of carbonyl (C=O) groups excluding carboxylic acids is 1. The molecule has 7 nitrogen and oxygen atoms in total. The Morgan fingerprint density at radius 2 is 2.03 bits per heavy atom. The van der Waals surface area contributed by atoms with Crippen molar-refractivity contribution in [2.24, 2.45) is 0 Å². The van der Waals surface area contributed by atoms with Crippen LogP contribution in [0.25, 0.3) is 0 Å². The summed E-state index contributed by atoms with van der Waals surface area (Å²) in [5.41, 5.74) is 0.442. The van der Waals surface area contributed by atoms with Crippen LogP contribution in [0.3, 0.4) is 0 Å². The Labute approximate surface area is 177 Å². The van der Waals surface area contributed by atoms with Crippen LogP contribution >= 0.6 is 11.3 Å². The van der Waals surface area contributed by atoms with Crippen LogP contribution in [0.5, 0.6) is 11.5 Å². The van der Waals surface area contributed by atoms with Gasteiger partial charge in [-0.2, -0.15) is 0 Å². The monoisotopic (exact) mass is 423 g/mol. The number of thiazole rings is 1. The van der Waals surface area contributed by atoms with Crippen LogP contribution in [0.15, 0.2) is 60.1 Å². The number of nitrogens with one attached hydrogen (secondary N) is 1. The molecule has 30 heavy (non-hydrogen) atoms. The zero-order valence-corrected chi connectivity index (χ0v) is 17.0. The maximum Gasteiger partial charge on any atom is 0.252 e. The standard InChI is InChI=1S/C22H21N3O4S/c26-19-13-25(21-23-9-11-30-21)10-8-22(19,16-4-2-1-3-5-16)24-20(27)15-6-7-17-18(12-15)29-14-28-17/h1-7,9,11-12,19,26H,8,10,13-14H2,(H,24,27)/t19-,22+/m1/s1. The molecule has 2 aromatic carbocycles. The number of carbonyl (C=O) groups is 1. The number of aliphatic hydroxyl groups is 1. The van der Waals surface area contributed by atoms with E-state index in [9.17, 15) is 9.90 Å². The highest BCUT2D eigenvalue weighted by molar-refractivity contribution is 7.13. The van der Waals surface area contributed by atoms with Crippen molar-refractivity contribution in [3.8, 4) is 11.5 Å². The number of fused-ring (bicyclic) bond motifs is 1. The van der Waals surface area contributed by atoms with E-state index in [0.29, 0.717) is 36.6 Å². The van der Waals surface area contributed by atoms with Crippen LogP contribution in [0, 0.1) is 0 Å². The SMILES string of the molecule is O=C(N[C@]1(c2ccccc2)CCN(c2nccs2)C[C@H]1O)c1ccc2c(c1)OCO2. The van der Waals surface area contributed by atoms with Crippen LogP contribution in [0.1, 0.15) is 22.3 Å². The lowest BCUT2D eigenvalue weighted by molar-refractivity contribution is 0.0366. The molecule has 2 N–H and O–H groups in total. The molecule has 0 spiro atoms. The molecule has 1 saturated heterocycles. The van der Waals surface area contributed by atoms with E-state index in [0.717, 1.165) is 10.7 Å². The van der Waals surface area contributed by atoms with Gasteiger partial charge in [-0.15, -0.1) is 11.3 Å². The van der Waals surface area contributed by atoms with Gasteiger partial charge in [0.1, 0.15) is 0 Å². The van der Waals surface area contributed by atoms with Crippen LogP contribution in [0.2, 0.25) is 0 Å². The number of rotatable bonds is 4. The number of piperidine rings is 1. The first-order chi connectivity index (χ1) is 14.7. The third-order valence-corrected chi connectivity index (χ3v) is 6.52. The van der Waals surface area contributed by atoms with Gasteiger partial charge in [-0.25, -0.2) is 4.98 Å². The number of anilines is 1. The fraction of sp³-hybridized carbons (Fsp3) is 0.273. The van der Waals surface area contributed by atoms with Gasteiger partial charge in [0, 0.05) is 30.2 Å². The lowest BCUT2D eigenvalue weighted by Crippen LogP contribution is -2.62. The summed E-state index contributed by atoms with van der Waals surface area (Å²) in [6.45, 7) is 1.20. The lowest BCUT2D eigenvalue weighted by atomic mass is 9.78. The Morgan fingerprint density at radius 3 is 2.80 bits per heavy atom. The van der Waals surface area contributed by atoms with Gasteiger partial charge in [0.25, 0.3) is 5.91 Å². The normalized spacial score (nSPS) is 22.7. The van der Waals surface area contributed by atoms with E-state index in [1.54, 1.807) is 35.7 Å². The zero-order chi connectivity index (χ0) is 20.6. The molecule has 1 aromatic heterocycles. The summed E-state index contributed by atoms with van der Waals surface area (Å²) in [6, 6.07) is 14.8. The number of aromatic nitrogens is 1. The summed E-state index contributed by atoms with van der Waals surface area (Å²) >= 11 is 1.54. The molecule has 0 unspecified atom stereocenters. The zero-order valence-electron chi connectivity index (χ0n) is 16.2. The predicted molar refractivity (Wildman–Crippen MR) is 113 cm³/mol. The summed E-state index contributed by atoms with van der Waals surface area (Å²) in [7, 11) is 0. The molecule has 154 valence electrons. The van der Waals surface area contributed by atoms with Crippen molar-refractivity contribution >= 4 is 22.4 Å². The van der Waals surface area contributed by atoms with E-state index in [-0.39, 0.29) is 12.7 Å². The summed E-state index contributed by atoms with van der Waals surface area (Å²) in [4.78, 5) is 19.6. The Balaban J connectivity index is 1.45. The van der Waals surface area contributed by atoms with E-state index < -0.39 is 11.6 Å². The third kappa shape index (κ3) is 3.28. The quantitative estimate of drug-likeness (QED) is 0.671. The molecule has 2 atom stereocenters. The van der Waals surface area contributed by atoms with Crippen LogP contribution in [-0.4, -0.2) is 42.0 Å². The minimum Gasteiger partial charge on any atom is -0.454 e. The van der Waals surface area contributed by atoms with E-state index in [1.165, 1.54) is 0 Å². The van der Waals surface area contributed by atoms with Crippen molar-refractivity contribution in [3.05, 3.63) is 71.2 Å². The Kier molecular flexibility index (Phi) is 4.80. The number of hydrogen-bond acceptors (Lipinski definition) is 7. The van der Waals surface area contributed by atoms with Gasteiger partial charge in [0.15, 0.2) is 16.6 Å². The number of benzene rings is 2. The summed E-state index contributed by atoms with van der Waals surface area (Å²) in [6.07, 6.45) is 1.50. The summed E-state index contributed by atoms with van der Waals surface area (Å²) in [5.74, 6) is 0.913. The first-order valence-corrected chi connectivity index (χ1v) is 10.6. The lowest BCUT2D eigenvalue weighted by Gasteiger charge is -2.46. The maximum atomic E-state index is 13.2. The van der Waals surface area contributed by atoms with Crippen molar-refractivity contribution in [3.63, 3.8) is 0 Å². The molecule has 3 heterocycles. The number of hydrogen-bond donors (Lipinski definition) is 2. The second-order valence-corrected chi connectivity index (χ2v) is 8.26. The Morgan fingerprint density at radius 1 is 1.20 bits per heavy atom. The van der Waals surface area contributed by atoms with Crippen LogP contribution in [-0.2, 0) is 5.54 Å². The third-order valence-electron chi connectivity index (χ3n) is 5.69. The summed E-state index contributed by atoms with van der Waals surface area (Å²) in [5, 5.41) is 17.2. The molecule has 2 aliphatic heterocycles. The van der Waals surface area contributed by atoms with E-state index in [1.807, 2.05) is 35.7 Å². The largest absolute Gasteiger partial charge is 0.454 e. The highest BCUT2D eigenvalue weighted by atomic mass is 32.1. The molecule has 5 rings (SSSR count). The van der Waals surface area contributed by atoms with Gasteiger partial charge in [0.2, 0.25) is 6.79 Å². The molecular weight excluding hydrogens is 402 g/mol. The van der Waals surface area contributed by atoms with Gasteiger partial charge < -0.3 is 24.8 Å². The number of amides is 1. The average molecular weight is 423 g/mol. The highest BCUT2D eigenvalue weighted by Crippen LogP contribution is 2.37. The van der Waals surface area contributed by atoms with Crippen molar-refractivity contribution in [1.29, 1.82) is 0 Å². The molecule has 1 amide bonds. The number of aliphatic hydroxyl groups excluding tert-OH is 1. The molecule has 1 fully saturated rings. The van der Waals surface area contributed by atoms with Crippen molar-refractivity contribution in [2.45, 2.75) is 18.1 Å². The van der Waals surface area contributed by atoms with E-state index in [2.05, 4.69) is 15.2 Å². The second-order valence-electron chi connectivity index (χ2n) is 7.39. The fourth-order valence-corrected chi connectivity index (χ4v) is 4.76. The molecule has 0 aliphatic carbocycles. The molecule has 0 radical (unpaired) electrons. The van der Waals surface area contributed by atoms with Crippen molar-refractivity contribution in [1.82, 2.24) is 10.3 Å². The first kappa shape index (κ1) is 18.9. The predicted octanol–water partition coefficient (Wildman–Crippen LogP) is 2.77. The van der Waals surface area contributed by atoms with Crippen molar-refractivity contribution < 1.29 is 19.4 Å². The number of ether oxygens (including phenoxy) is 2. The number of β-amino-alcohol motifs (C(OH)–C–C–N with tert-alkyl or cyclic N) is 1. The Hall–Kier alpha value is -3.10. The second kappa shape index (κ2) is 7.62. The van der Waals surface area contributed by atoms with Gasteiger partial charge in [-0.1, -0.05) is 30.3 Å². The Bertz CT molecular complexity index is 1040. The average Bonchev–Trinajstić information content (AvgIpc) is 3.47. The van der Waals surface area contributed by atoms with Gasteiger partial charge in [-0.3, -0.25) is 4.79 Å². The molecule has 0 saturated carbocycles. The molecular formula is C22H21N3O4S. The smallest absolute Gasteiger partial charge is 0.252 e. The maximum absolute atomic E-state index is 13.2. The highest BCUT2D eigenvalue weighted by Gasteiger charge is 2.45. The minimum absolute atomic E-state index is 0.152. The van der Waals surface area contributed by atoms with Crippen LogP contribution in [0.4, 0.5) is 5.13 Å².